The van der Waals surface area contributed by atoms with Crippen molar-refractivity contribution in [2.45, 2.75) is 57.0 Å². The predicted molar refractivity (Wildman–Crippen MR) is 72.6 cm³/mol. The van der Waals surface area contributed by atoms with Crippen LogP contribution in [0.2, 0.25) is 0 Å². The summed E-state index contributed by atoms with van der Waals surface area (Å²) in [4.78, 5) is 17.1. The topological polar surface area (TPSA) is 59.4 Å². The minimum atomic E-state index is -0.743. The summed E-state index contributed by atoms with van der Waals surface area (Å²) in [6, 6.07) is 0. The lowest BCUT2D eigenvalue weighted by molar-refractivity contribution is -0.138. The van der Waals surface area contributed by atoms with E-state index in [1.807, 2.05) is 6.92 Å². The van der Waals surface area contributed by atoms with Gasteiger partial charge in [-0.3, -0.25) is 4.79 Å². The van der Waals surface area contributed by atoms with Crippen molar-refractivity contribution >= 4 is 17.3 Å². The van der Waals surface area contributed by atoms with Crippen molar-refractivity contribution in [3.05, 3.63) is 15.6 Å². The third-order valence-electron chi connectivity index (χ3n) is 4.24. The fraction of sp³-hybridized carbons (Fsp3) is 0.714. The van der Waals surface area contributed by atoms with E-state index in [0.717, 1.165) is 34.8 Å². The Labute approximate surface area is 116 Å². The van der Waals surface area contributed by atoms with Crippen molar-refractivity contribution in [1.82, 2.24) is 4.98 Å². The van der Waals surface area contributed by atoms with Crippen LogP contribution in [0, 0.1) is 0 Å². The van der Waals surface area contributed by atoms with Crippen molar-refractivity contribution in [3.8, 4) is 0 Å². The van der Waals surface area contributed by atoms with Gasteiger partial charge in [-0.15, -0.1) is 11.3 Å². The van der Waals surface area contributed by atoms with Crippen LogP contribution in [0.1, 0.15) is 60.5 Å². The Morgan fingerprint density at radius 1 is 1.53 bits per heavy atom. The number of aryl methyl sites for hydroxylation is 1. The number of thiazole rings is 1. The Balaban J connectivity index is 1.94. The molecule has 1 fully saturated rings. The molecule has 4 nitrogen and oxygen atoms in total. The van der Waals surface area contributed by atoms with E-state index in [4.69, 9.17) is 4.74 Å². The summed E-state index contributed by atoms with van der Waals surface area (Å²) in [5, 5.41) is 10.3. The molecule has 0 amide bonds. The highest BCUT2D eigenvalue weighted by atomic mass is 32.1. The van der Waals surface area contributed by atoms with Gasteiger partial charge >= 0.3 is 5.97 Å². The van der Waals surface area contributed by atoms with Crippen LogP contribution in [0.4, 0.5) is 0 Å². The zero-order valence-electron chi connectivity index (χ0n) is 11.1. The Morgan fingerprint density at radius 2 is 2.26 bits per heavy atom. The first-order chi connectivity index (χ1) is 9.16. The van der Waals surface area contributed by atoms with Crippen LogP contribution in [0.3, 0.4) is 0 Å². The van der Waals surface area contributed by atoms with Crippen LogP contribution in [0.5, 0.6) is 0 Å². The number of carboxylic acid groups (broad SMARTS) is 1. The highest BCUT2D eigenvalue weighted by Gasteiger charge is 2.42. The lowest BCUT2D eigenvalue weighted by Crippen LogP contribution is -2.26. The number of aliphatic carboxylic acids is 1. The Hall–Kier alpha value is -0.940. The second-order valence-corrected chi connectivity index (χ2v) is 6.47. The molecule has 2 aliphatic rings. The van der Waals surface area contributed by atoms with Gasteiger partial charge in [-0.2, -0.15) is 0 Å². The summed E-state index contributed by atoms with van der Waals surface area (Å²) in [5.74, 6) is -1.15. The number of ether oxygens (including phenoxy) is 1. The minimum absolute atomic E-state index is 0.229. The smallest absolute Gasteiger partial charge is 0.312 e. The van der Waals surface area contributed by atoms with Crippen LogP contribution >= 0.6 is 11.3 Å². The zero-order valence-corrected chi connectivity index (χ0v) is 12.0. The first-order valence-corrected chi connectivity index (χ1v) is 7.85. The third kappa shape index (κ3) is 2.09. The van der Waals surface area contributed by atoms with Crippen molar-refractivity contribution in [2.75, 3.05) is 6.61 Å². The quantitative estimate of drug-likeness (QED) is 0.921. The second-order valence-electron chi connectivity index (χ2n) is 5.39. The molecule has 5 heteroatoms. The van der Waals surface area contributed by atoms with Crippen LogP contribution in [-0.2, 0) is 21.6 Å². The van der Waals surface area contributed by atoms with Crippen LogP contribution in [0.25, 0.3) is 0 Å². The molecule has 3 rings (SSSR count). The molecule has 1 atom stereocenters. The first kappa shape index (κ1) is 13.1. The lowest BCUT2D eigenvalue weighted by atomic mass is 10.0. The van der Waals surface area contributed by atoms with Crippen molar-refractivity contribution in [3.63, 3.8) is 0 Å². The molecule has 0 aromatic carbocycles. The van der Waals surface area contributed by atoms with Crippen LogP contribution in [0.15, 0.2) is 0 Å². The van der Waals surface area contributed by atoms with E-state index in [0.29, 0.717) is 13.0 Å². The molecule has 1 N–H and O–H groups in total. The molecule has 0 bridgehead atoms. The van der Waals surface area contributed by atoms with Gasteiger partial charge < -0.3 is 9.84 Å². The first-order valence-electron chi connectivity index (χ1n) is 7.03. The summed E-state index contributed by atoms with van der Waals surface area (Å²) in [5.41, 5.74) is 0.575. The normalized spacial score (nSPS) is 24.6. The van der Waals surface area contributed by atoms with E-state index in [-0.39, 0.29) is 5.60 Å². The lowest BCUT2D eigenvalue weighted by Gasteiger charge is -2.26. The maximum absolute atomic E-state index is 11.2. The summed E-state index contributed by atoms with van der Waals surface area (Å²) in [7, 11) is 0. The highest BCUT2D eigenvalue weighted by Crippen LogP contribution is 2.47. The number of hydrogen-bond acceptors (Lipinski definition) is 4. The maximum Gasteiger partial charge on any atom is 0.312 e. The molecular weight excluding hydrogens is 262 g/mol. The van der Waals surface area contributed by atoms with E-state index in [2.05, 4.69) is 4.98 Å². The van der Waals surface area contributed by atoms with Gasteiger partial charge in [-0.1, -0.05) is 12.8 Å². The molecule has 104 valence electrons. The maximum atomic E-state index is 11.2. The number of fused-ring (bicyclic) bond motifs is 1. The van der Waals surface area contributed by atoms with E-state index < -0.39 is 11.9 Å². The molecule has 0 radical (unpaired) electrons. The number of carbonyl (C=O) groups is 1. The van der Waals surface area contributed by atoms with E-state index >= 15 is 0 Å². The summed E-state index contributed by atoms with van der Waals surface area (Å²) in [6.07, 6.45) is 5.94. The highest BCUT2D eigenvalue weighted by molar-refractivity contribution is 7.12. The summed E-state index contributed by atoms with van der Waals surface area (Å²) in [6.45, 7) is 2.70. The summed E-state index contributed by atoms with van der Waals surface area (Å²) < 4.78 is 6.01. The molecule has 1 heterocycles. The fourth-order valence-corrected chi connectivity index (χ4v) is 4.64. The van der Waals surface area contributed by atoms with Crippen LogP contribution < -0.4 is 0 Å². The minimum Gasteiger partial charge on any atom is -0.481 e. The van der Waals surface area contributed by atoms with Crippen molar-refractivity contribution in [2.24, 2.45) is 0 Å². The second kappa shape index (κ2) is 4.87. The van der Waals surface area contributed by atoms with Crippen molar-refractivity contribution < 1.29 is 14.6 Å². The van der Waals surface area contributed by atoms with E-state index in [1.54, 1.807) is 11.3 Å². The number of carboxylic acids is 1. The van der Waals surface area contributed by atoms with Gasteiger partial charge in [0, 0.05) is 11.5 Å². The number of aromatic nitrogens is 1. The molecule has 1 aromatic rings. The Morgan fingerprint density at radius 3 is 2.89 bits per heavy atom. The van der Waals surface area contributed by atoms with Gasteiger partial charge in [-0.25, -0.2) is 4.98 Å². The molecule has 1 unspecified atom stereocenters. The molecule has 1 aromatic heterocycles. The molecule has 1 saturated carbocycles. The molecule has 0 saturated heterocycles. The van der Waals surface area contributed by atoms with Gasteiger partial charge in [-0.05, 0) is 32.6 Å². The number of hydrogen-bond donors (Lipinski definition) is 1. The fourth-order valence-electron chi connectivity index (χ4n) is 3.30. The van der Waals surface area contributed by atoms with Gasteiger partial charge in [0.2, 0.25) is 0 Å². The van der Waals surface area contributed by atoms with Gasteiger partial charge in [0.25, 0.3) is 0 Å². The molecule has 2 aliphatic carbocycles. The predicted octanol–water partition coefficient (Wildman–Crippen LogP) is 3.06. The Bertz CT molecular complexity index is 491. The largest absolute Gasteiger partial charge is 0.481 e. The SMILES string of the molecule is CCOC1(c2nc3c(s2)CCC3C(=O)O)CCCC1. The Kier molecular flexibility index (Phi) is 3.35. The molecule has 0 aliphatic heterocycles. The molecule has 19 heavy (non-hydrogen) atoms. The standard InChI is InChI=1S/C14H19NO3S/c1-2-18-14(7-3-4-8-14)13-15-11-9(12(16)17)5-6-10(11)19-13/h9H,2-8H2,1H3,(H,16,17). The molecule has 0 spiro atoms. The van der Waals surface area contributed by atoms with E-state index in [9.17, 15) is 9.90 Å². The van der Waals surface area contributed by atoms with Gasteiger partial charge in [0.1, 0.15) is 16.5 Å². The zero-order chi connectivity index (χ0) is 13.5. The summed E-state index contributed by atoms with van der Waals surface area (Å²) >= 11 is 1.68. The monoisotopic (exact) mass is 281 g/mol. The average Bonchev–Trinajstić information content (AvgIpc) is 3.01. The van der Waals surface area contributed by atoms with Gasteiger partial charge in [0.05, 0.1) is 5.69 Å². The molecular formula is C14H19NO3S. The number of rotatable bonds is 4. The van der Waals surface area contributed by atoms with Crippen LogP contribution in [-0.4, -0.2) is 22.7 Å². The average molecular weight is 281 g/mol. The van der Waals surface area contributed by atoms with E-state index in [1.165, 1.54) is 12.8 Å². The van der Waals surface area contributed by atoms with Crippen molar-refractivity contribution in [1.29, 1.82) is 0 Å². The van der Waals surface area contributed by atoms with Gasteiger partial charge in [0.15, 0.2) is 0 Å². The number of nitrogens with zero attached hydrogens (tertiary/aromatic N) is 1. The third-order valence-corrected chi connectivity index (χ3v) is 5.55.